The number of carbonyl (C=O) groups is 2. The number of hydrogen-bond donors (Lipinski definition) is 1. The molecule has 2 rings (SSSR count). The number of carboxylic acid groups (broad SMARTS) is 1. The largest absolute Gasteiger partial charge is 0.481 e. The smallest absolute Gasteiger partial charge is 0.309 e. The molecule has 1 N–H and O–H groups in total. The molecule has 0 bridgehead atoms. The molecular formula is C27H42O4. The minimum atomic E-state index is -0.696. The fraction of sp³-hybridized carbons (Fsp3) is 0.704. The van der Waals surface area contributed by atoms with E-state index >= 15 is 0 Å². The van der Waals surface area contributed by atoms with E-state index in [1.807, 2.05) is 13.8 Å². The van der Waals surface area contributed by atoms with Gasteiger partial charge >= 0.3 is 5.97 Å². The second kappa shape index (κ2) is 12.3. The van der Waals surface area contributed by atoms with Crippen molar-refractivity contribution in [3.63, 3.8) is 0 Å². The lowest BCUT2D eigenvalue weighted by Crippen LogP contribution is -2.23. The van der Waals surface area contributed by atoms with Crippen molar-refractivity contribution < 1.29 is 19.4 Å². The summed E-state index contributed by atoms with van der Waals surface area (Å²) in [5, 5.41) is 9.19. The van der Waals surface area contributed by atoms with Gasteiger partial charge in [-0.1, -0.05) is 50.3 Å². The third-order valence-corrected chi connectivity index (χ3v) is 6.94. The van der Waals surface area contributed by atoms with Gasteiger partial charge in [0, 0.05) is 0 Å². The second-order valence-electron chi connectivity index (χ2n) is 10.2. The topological polar surface area (TPSA) is 63.6 Å². The average Bonchev–Trinajstić information content (AvgIpc) is 3.48. The van der Waals surface area contributed by atoms with E-state index in [4.69, 9.17) is 4.74 Å². The maximum Gasteiger partial charge on any atom is 0.309 e. The summed E-state index contributed by atoms with van der Waals surface area (Å²) in [5.41, 5.74) is 3.57. The highest BCUT2D eigenvalue weighted by molar-refractivity contribution is 5.73. The van der Waals surface area contributed by atoms with E-state index in [1.54, 1.807) is 0 Å². The maximum absolute atomic E-state index is 11.2. The maximum atomic E-state index is 11.2. The molecule has 1 aliphatic carbocycles. The van der Waals surface area contributed by atoms with E-state index < -0.39 is 11.4 Å². The van der Waals surface area contributed by atoms with Crippen LogP contribution in [0.25, 0.3) is 0 Å². The lowest BCUT2D eigenvalue weighted by atomic mass is 9.87. The third-order valence-electron chi connectivity index (χ3n) is 6.94. The molecular weight excluding hydrogens is 388 g/mol. The Kier molecular flexibility index (Phi) is 10.1. The van der Waals surface area contributed by atoms with E-state index in [9.17, 15) is 14.7 Å². The summed E-state index contributed by atoms with van der Waals surface area (Å²) in [6.45, 7) is 6.44. The number of hydrogen-bond acceptors (Lipinski definition) is 3. The van der Waals surface area contributed by atoms with Crippen LogP contribution in [0.5, 0.6) is 0 Å². The average molecular weight is 431 g/mol. The predicted octanol–water partition coefficient (Wildman–Crippen LogP) is 6.80. The van der Waals surface area contributed by atoms with E-state index in [1.165, 1.54) is 42.4 Å². The van der Waals surface area contributed by atoms with Gasteiger partial charge in [0.05, 0.1) is 5.41 Å². The van der Waals surface area contributed by atoms with E-state index in [0.29, 0.717) is 6.47 Å². The van der Waals surface area contributed by atoms with Gasteiger partial charge in [-0.05, 0) is 95.2 Å². The number of carboxylic acids is 1. The van der Waals surface area contributed by atoms with Gasteiger partial charge in [-0.25, -0.2) is 0 Å². The number of benzene rings is 1. The van der Waals surface area contributed by atoms with Gasteiger partial charge < -0.3 is 9.84 Å². The van der Waals surface area contributed by atoms with Crippen molar-refractivity contribution >= 4 is 12.4 Å². The summed E-state index contributed by atoms with van der Waals surface area (Å²) in [6, 6.07) is 6.91. The second-order valence-corrected chi connectivity index (χ2v) is 10.2. The van der Waals surface area contributed by atoms with Crippen LogP contribution in [0.1, 0.15) is 108 Å². The zero-order chi connectivity index (χ0) is 22.7. The molecule has 0 aromatic heterocycles. The Bertz CT molecular complexity index is 703. The van der Waals surface area contributed by atoms with Crippen molar-refractivity contribution in [3.8, 4) is 0 Å². The molecule has 0 saturated heterocycles. The van der Waals surface area contributed by atoms with Gasteiger partial charge in [-0.2, -0.15) is 0 Å². The molecule has 0 spiro atoms. The molecule has 1 aromatic rings. The van der Waals surface area contributed by atoms with E-state index in [0.717, 1.165) is 64.2 Å². The molecule has 1 aliphatic rings. The number of unbranched alkanes of at least 4 members (excludes halogenated alkanes) is 6. The lowest BCUT2D eigenvalue weighted by molar-refractivity contribution is -0.147. The Morgan fingerprint density at radius 1 is 1.03 bits per heavy atom. The van der Waals surface area contributed by atoms with E-state index in [2.05, 4.69) is 25.1 Å². The first-order chi connectivity index (χ1) is 14.8. The number of ether oxygens (including phenoxy) is 1. The Morgan fingerprint density at radius 3 is 2.32 bits per heavy atom. The van der Waals surface area contributed by atoms with Crippen molar-refractivity contribution in [2.75, 3.05) is 0 Å². The fourth-order valence-corrected chi connectivity index (χ4v) is 4.29. The molecule has 31 heavy (non-hydrogen) atoms. The minimum absolute atomic E-state index is 0.0972. The van der Waals surface area contributed by atoms with Crippen molar-refractivity contribution in [2.24, 2.45) is 5.41 Å². The van der Waals surface area contributed by atoms with Gasteiger partial charge in [0.15, 0.2) is 0 Å². The van der Waals surface area contributed by atoms with Gasteiger partial charge in [-0.3, -0.25) is 9.59 Å². The van der Waals surface area contributed by atoms with Crippen LogP contribution in [0.2, 0.25) is 0 Å². The number of rotatable bonds is 17. The Hall–Kier alpha value is -1.84. The molecule has 174 valence electrons. The highest BCUT2D eigenvalue weighted by Crippen LogP contribution is 2.43. The van der Waals surface area contributed by atoms with Crippen LogP contribution in [-0.4, -0.2) is 23.1 Å². The van der Waals surface area contributed by atoms with Crippen molar-refractivity contribution in [2.45, 2.75) is 116 Å². The standard InChI is InChI=1S/C27H42O4/c1-22-14-15-23(12-8-4-7-11-17-27(18-19-27)31-21-28)20-24(22)13-9-5-6-10-16-26(2,3)25(29)30/h14-15,20-21H,4-13,16-19H2,1-3H3,(H,29,30). The zero-order valence-corrected chi connectivity index (χ0v) is 19.9. The van der Waals surface area contributed by atoms with Crippen LogP contribution in [0.4, 0.5) is 0 Å². The predicted molar refractivity (Wildman–Crippen MR) is 125 cm³/mol. The first kappa shape index (κ1) is 25.4. The van der Waals surface area contributed by atoms with E-state index in [-0.39, 0.29) is 5.60 Å². The highest BCUT2D eigenvalue weighted by Gasteiger charge is 2.44. The Labute approximate surface area is 188 Å². The number of carbonyl (C=O) groups excluding carboxylic acids is 1. The lowest BCUT2D eigenvalue weighted by Gasteiger charge is -2.18. The molecule has 0 atom stereocenters. The van der Waals surface area contributed by atoms with Crippen LogP contribution in [0.15, 0.2) is 18.2 Å². The first-order valence-corrected chi connectivity index (χ1v) is 12.2. The van der Waals surface area contributed by atoms with Crippen LogP contribution in [-0.2, 0) is 27.2 Å². The molecule has 1 aromatic carbocycles. The quantitative estimate of drug-likeness (QED) is 0.218. The molecule has 1 fully saturated rings. The van der Waals surface area contributed by atoms with Gasteiger partial charge in [-0.15, -0.1) is 0 Å². The van der Waals surface area contributed by atoms with Crippen molar-refractivity contribution in [1.82, 2.24) is 0 Å². The summed E-state index contributed by atoms with van der Waals surface area (Å²) in [7, 11) is 0. The number of aryl methyl sites for hydroxylation is 3. The van der Waals surface area contributed by atoms with Crippen LogP contribution < -0.4 is 0 Å². The normalized spacial score (nSPS) is 14.9. The zero-order valence-electron chi connectivity index (χ0n) is 19.9. The molecule has 0 unspecified atom stereocenters. The monoisotopic (exact) mass is 430 g/mol. The minimum Gasteiger partial charge on any atom is -0.481 e. The van der Waals surface area contributed by atoms with Crippen LogP contribution >= 0.6 is 0 Å². The van der Waals surface area contributed by atoms with Gasteiger partial charge in [0.25, 0.3) is 6.47 Å². The molecule has 0 radical (unpaired) electrons. The summed E-state index contributed by atoms with van der Waals surface area (Å²) in [6.07, 6.45) is 15.3. The Morgan fingerprint density at radius 2 is 1.68 bits per heavy atom. The van der Waals surface area contributed by atoms with Gasteiger partial charge in [0.1, 0.15) is 5.60 Å². The molecule has 0 aliphatic heterocycles. The molecule has 4 nitrogen and oxygen atoms in total. The molecule has 0 amide bonds. The summed E-state index contributed by atoms with van der Waals surface area (Å²) in [5.74, 6) is -0.696. The van der Waals surface area contributed by atoms with Crippen LogP contribution in [0, 0.1) is 12.3 Å². The number of aliphatic carboxylic acids is 1. The fourth-order valence-electron chi connectivity index (χ4n) is 4.29. The van der Waals surface area contributed by atoms with Crippen molar-refractivity contribution in [3.05, 3.63) is 34.9 Å². The SMILES string of the molecule is Cc1ccc(CCCCCCC2(OC=O)CC2)cc1CCCCCCC(C)(C)C(=O)O. The summed E-state index contributed by atoms with van der Waals surface area (Å²) < 4.78 is 5.21. The molecule has 1 saturated carbocycles. The van der Waals surface area contributed by atoms with Gasteiger partial charge in [0.2, 0.25) is 0 Å². The highest BCUT2D eigenvalue weighted by atomic mass is 16.5. The summed E-state index contributed by atoms with van der Waals surface area (Å²) >= 11 is 0. The third kappa shape index (κ3) is 9.04. The molecule has 4 heteroatoms. The molecule has 0 heterocycles. The Balaban J connectivity index is 1.60. The first-order valence-electron chi connectivity index (χ1n) is 12.2. The van der Waals surface area contributed by atoms with Crippen LogP contribution in [0.3, 0.4) is 0 Å². The summed E-state index contributed by atoms with van der Waals surface area (Å²) in [4.78, 5) is 21.7. The van der Waals surface area contributed by atoms with Crippen molar-refractivity contribution in [1.29, 1.82) is 0 Å².